The lowest BCUT2D eigenvalue weighted by molar-refractivity contribution is 0.302. The Hall–Kier alpha value is -1.74. The maximum Gasteiger partial charge on any atom is 0.128 e. The highest BCUT2D eigenvalue weighted by atomic mass is 79.9. The van der Waals surface area contributed by atoms with Gasteiger partial charge in [0.15, 0.2) is 0 Å². The molecule has 1 aromatic heterocycles. The second-order valence-electron chi connectivity index (χ2n) is 4.63. The quantitative estimate of drug-likeness (QED) is 0.736. The average Bonchev–Trinajstić information content (AvgIpc) is 2.80. The fraction of sp³-hybridized carbons (Fsp3) is 0.125. The van der Waals surface area contributed by atoms with Crippen molar-refractivity contribution in [1.29, 1.82) is 0 Å². The molecule has 3 rings (SSSR count). The van der Waals surface area contributed by atoms with Gasteiger partial charge in [-0.05, 0) is 42.6 Å². The Labute approximate surface area is 120 Å². The molecule has 1 N–H and O–H groups in total. The van der Waals surface area contributed by atoms with E-state index >= 15 is 0 Å². The number of rotatable bonds is 3. The molecule has 0 aliphatic heterocycles. The van der Waals surface area contributed by atoms with Gasteiger partial charge in [-0.2, -0.15) is 0 Å². The molecule has 1 heterocycles. The first-order valence-electron chi connectivity index (χ1n) is 6.17. The summed E-state index contributed by atoms with van der Waals surface area (Å²) in [6.07, 6.45) is 0. The molecular weight excluding hydrogens is 302 g/mol. The van der Waals surface area contributed by atoms with Crippen LogP contribution in [0.1, 0.15) is 11.3 Å². The Morgan fingerprint density at radius 1 is 1.05 bits per heavy atom. The number of hydrogen-bond acceptors (Lipinski definition) is 1. The number of nitrogens with one attached hydrogen (secondary N) is 1. The van der Waals surface area contributed by atoms with Gasteiger partial charge in [0.25, 0.3) is 0 Å². The van der Waals surface area contributed by atoms with Crippen LogP contribution in [0.25, 0.3) is 10.9 Å². The molecule has 96 valence electrons. The molecule has 2 nitrogen and oxygen atoms in total. The van der Waals surface area contributed by atoms with Gasteiger partial charge in [0.2, 0.25) is 0 Å². The summed E-state index contributed by atoms with van der Waals surface area (Å²) in [6, 6.07) is 16.4. The molecule has 0 bridgehead atoms. The smallest absolute Gasteiger partial charge is 0.128 e. The molecule has 3 heteroatoms. The number of benzene rings is 2. The molecule has 19 heavy (non-hydrogen) atoms. The minimum atomic E-state index is 0.551. The monoisotopic (exact) mass is 315 g/mol. The van der Waals surface area contributed by atoms with Crippen molar-refractivity contribution >= 4 is 26.8 Å². The minimum absolute atomic E-state index is 0.551. The topological polar surface area (TPSA) is 25.0 Å². The molecule has 0 fully saturated rings. The first-order chi connectivity index (χ1) is 9.20. The molecule has 0 unspecified atom stereocenters. The summed E-state index contributed by atoms with van der Waals surface area (Å²) in [7, 11) is 0. The van der Waals surface area contributed by atoms with Crippen LogP contribution in [0.15, 0.2) is 53.0 Å². The van der Waals surface area contributed by atoms with Crippen LogP contribution in [0.4, 0.5) is 0 Å². The van der Waals surface area contributed by atoms with Gasteiger partial charge in [0.05, 0.1) is 5.69 Å². The fourth-order valence-electron chi connectivity index (χ4n) is 2.03. The Morgan fingerprint density at radius 2 is 1.84 bits per heavy atom. The summed E-state index contributed by atoms with van der Waals surface area (Å²) in [5, 5.41) is 1.20. The van der Waals surface area contributed by atoms with Gasteiger partial charge in [-0.25, -0.2) is 0 Å². The van der Waals surface area contributed by atoms with Crippen molar-refractivity contribution in [3.63, 3.8) is 0 Å². The highest BCUT2D eigenvalue weighted by Crippen LogP contribution is 2.21. The second-order valence-corrected chi connectivity index (χ2v) is 5.54. The van der Waals surface area contributed by atoms with Gasteiger partial charge in [0, 0.05) is 9.99 Å². The molecule has 3 aromatic rings. The third-order valence-electron chi connectivity index (χ3n) is 3.06. The summed E-state index contributed by atoms with van der Waals surface area (Å²) in [4.78, 5) is 3.36. The zero-order valence-corrected chi connectivity index (χ0v) is 12.2. The van der Waals surface area contributed by atoms with Crippen molar-refractivity contribution in [2.75, 3.05) is 0 Å². The van der Waals surface area contributed by atoms with E-state index in [4.69, 9.17) is 4.74 Å². The molecule has 0 spiro atoms. The number of aromatic amines is 1. The molecule has 0 saturated heterocycles. The summed E-state index contributed by atoms with van der Waals surface area (Å²) in [5.74, 6) is 0.894. The second kappa shape index (κ2) is 5.10. The number of fused-ring (bicyclic) bond motifs is 1. The summed E-state index contributed by atoms with van der Waals surface area (Å²) in [6.45, 7) is 2.62. The lowest BCUT2D eigenvalue weighted by Crippen LogP contribution is -1.95. The zero-order chi connectivity index (χ0) is 13.2. The van der Waals surface area contributed by atoms with Crippen molar-refractivity contribution < 1.29 is 4.74 Å². The van der Waals surface area contributed by atoms with Crippen molar-refractivity contribution in [1.82, 2.24) is 4.98 Å². The normalized spacial score (nSPS) is 10.8. The van der Waals surface area contributed by atoms with Crippen LogP contribution in [-0.4, -0.2) is 4.98 Å². The lowest BCUT2D eigenvalue weighted by atomic mass is 10.2. The van der Waals surface area contributed by atoms with Gasteiger partial charge in [-0.3, -0.25) is 0 Å². The molecular formula is C16H14BrNO. The Bertz CT molecular complexity index is 700. The van der Waals surface area contributed by atoms with Crippen molar-refractivity contribution in [3.05, 3.63) is 64.3 Å². The van der Waals surface area contributed by atoms with Crippen molar-refractivity contribution in [3.8, 4) is 5.75 Å². The standard InChI is InChI=1S/C16H14BrNO/c1-11-2-6-15(7-3-11)19-10-14-8-12-4-5-13(17)9-16(12)18-14/h2-9,18H,10H2,1H3. The van der Waals surface area contributed by atoms with E-state index < -0.39 is 0 Å². The van der Waals surface area contributed by atoms with E-state index in [1.807, 2.05) is 18.2 Å². The van der Waals surface area contributed by atoms with Gasteiger partial charge >= 0.3 is 0 Å². The van der Waals surface area contributed by atoms with Gasteiger partial charge in [-0.1, -0.05) is 39.7 Å². The molecule has 0 aliphatic rings. The van der Waals surface area contributed by atoms with Crippen LogP contribution in [-0.2, 0) is 6.61 Å². The summed E-state index contributed by atoms with van der Waals surface area (Å²) < 4.78 is 6.84. The average molecular weight is 316 g/mol. The SMILES string of the molecule is Cc1ccc(OCc2cc3ccc(Br)cc3[nH]2)cc1. The Balaban J connectivity index is 1.76. The molecule has 0 radical (unpaired) electrons. The highest BCUT2D eigenvalue weighted by Gasteiger charge is 2.02. The van der Waals surface area contributed by atoms with Crippen LogP contribution in [0.5, 0.6) is 5.75 Å². The Morgan fingerprint density at radius 3 is 2.63 bits per heavy atom. The van der Waals surface area contributed by atoms with E-state index in [0.29, 0.717) is 6.61 Å². The van der Waals surface area contributed by atoms with E-state index in [2.05, 4.69) is 58.2 Å². The van der Waals surface area contributed by atoms with E-state index in [1.165, 1.54) is 10.9 Å². The third-order valence-corrected chi connectivity index (χ3v) is 3.55. The van der Waals surface area contributed by atoms with E-state index in [0.717, 1.165) is 21.4 Å². The number of hydrogen-bond donors (Lipinski definition) is 1. The highest BCUT2D eigenvalue weighted by molar-refractivity contribution is 9.10. The van der Waals surface area contributed by atoms with Crippen LogP contribution in [0.3, 0.4) is 0 Å². The van der Waals surface area contributed by atoms with Crippen LogP contribution in [0, 0.1) is 6.92 Å². The number of H-pyrrole nitrogens is 1. The number of aromatic nitrogens is 1. The predicted octanol–water partition coefficient (Wildman–Crippen LogP) is 4.82. The summed E-state index contributed by atoms with van der Waals surface area (Å²) >= 11 is 3.47. The Kier molecular flexibility index (Phi) is 3.30. The zero-order valence-electron chi connectivity index (χ0n) is 10.6. The maximum absolute atomic E-state index is 5.76. The van der Waals surface area contributed by atoms with Crippen LogP contribution < -0.4 is 4.74 Å². The van der Waals surface area contributed by atoms with Crippen LogP contribution >= 0.6 is 15.9 Å². The third kappa shape index (κ3) is 2.82. The van der Waals surface area contributed by atoms with Gasteiger partial charge < -0.3 is 9.72 Å². The first-order valence-corrected chi connectivity index (χ1v) is 6.97. The largest absolute Gasteiger partial charge is 0.487 e. The number of ether oxygens (including phenoxy) is 1. The van der Waals surface area contributed by atoms with Gasteiger partial charge in [0.1, 0.15) is 12.4 Å². The van der Waals surface area contributed by atoms with Crippen molar-refractivity contribution in [2.45, 2.75) is 13.5 Å². The van der Waals surface area contributed by atoms with E-state index in [9.17, 15) is 0 Å². The minimum Gasteiger partial charge on any atom is -0.487 e. The maximum atomic E-state index is 5.76. The molecule has 0 saturated carbocycles. The fourth-order valence-corrected chi connectivity index (χ4v) is 2.39. The number of halogens is 1. The number of aryl methyl sites for hydroxylation is 1. The molecule has 2 aromatic carbocycles. The lowest BCUT2D eigenvalue weighted by Gasteiger charge is -2.04. The van der Waals surface area contributed by atoms with Crippen LogP contribution in [0.2, 0.25) is 0 Å². The van der Waals surface area contributed by atoms with Gasteiger partial charge in [-0.15, -0.1) is 0 Å². The molecule has 0 atom stereocenters. The van der Waals surface area contributed by atoms with E-state index in [1.54, 1.807) is 0 Å². The first kappa shape index (κ1) is 12.3. The van der Waals surface area contributed by atoms with Crippen molar-refractivity contribution in [2.24, 2.45) is 0 Å². The predicted molar refractivity (Wildman–Crippen MR) is 81.5 cm³/mol. The van der Waals surface area contributed by atoms with E-state index in [-0.39, 0.29) is 0 Å². The summed E-state index contributed by atoms with van der Waals surface area (Å²) in [5.41, 5.74) is 3.44. The molecule has 0 aliphatic carbocycles. The molecule has 0 amide bonds.